The van der Waals surface area contributed by atoms with Crippen LogP contribution in [-0.2, 0) is 19.9 Å². The topological polar surface area (TPSA) is 150 Å². The summed E-state index contributed by atoms with van der Waals surface area (Å²) < 4.78 is 25.8. The van der Waals surface area contributed by atoms with Gasteiger partial charge >= 0.3 is 0 Å². The van der Waals surface area contributed by atoms with E-state index in [9.17, 15) is 14.7 Å². The molecule has 2 aromatic heterocycles. The number of rotatable bonds is 11. The molecule has 47 heavy (non-hydrogen) atoms. The van der Waals surface area contributed by atoms with Crippen molar-refractivity contribution in [2.45, 2.75) is 44.3 Å². The summed E-state index contributed by atoms with van der Waals surface area (Å²) in [6.07, 6.45) is -0.686. The number of aliphatic hydroxyl groups excluding tert-OH is 1. The second-order valence-corrected chi connectivity index (χ2v) is 11.6. The predicted octanol–water partition coefficient (Wildman–Crippen LogP) is 4.39. The Morgan fingerprint density at radius 3 is 2.17 bits per heavy atom. The molecule has 244 valence electrons. The van der Waals surface area contributed by atoms with E-state index in [2.05, 4.69) is 20.3 Å². The van der Waals surface area contributed by atoms with Gasteiger partial charge in [0.1, 0.15) is 29.4 Å². The van der Waals surface area contributed by atoms with Crippen LogP contribution in [-0.4, -0.2) is 63.6 Å². The maximum atomic E-state index is 12.8. The van der Waals surface area contributed by atoms with Gasteiger partial charge in [-0.05, 0) is 41.0 Å². The van der Waals surface area contributed by atoms with Crippen molar-refractivity contribution in [1.82, 2.24) is 19.5 Å². The number of fused-ring (bicyclic) bond motifs is 1. The number of imidazole rings is 1. The number of carbonyl (C=O) groups excluding carboxylic acids is 1. The van der Waals surface area contributed by atoms with E-state index in [4.69, 9.17) is 18.9 Å². The number of nitrogens with one attached hydrogen (secondary N) is 2. The van der Waals surface area contributed by atoms with Gasteiger partial charge in [0.05, 0.1) is 33.3 Å². The van der Waals surface area contributed by atoms with Gasteiger partial charge in [-0.15, -0.1) is 0 Å². The molecule has 0 spiro atoms. The quantitative estimate of drug-likeness (QED) is 0.179. The number of anilines is 1. The lowest BCUT2D eigenvalue weighted by Crippen LogP contribution is -2.38. The van der Waals surface area contributed by atoms with Crippen LogP contribution in [0.15, 0.2) is 90.0 Å². The zero-order chi connectivity index (χ0) is 33.1. The normalized spacial score (nSPS) is 18.0. The number of amides is 1. The first kappa shape index (κ1) is 31.9. The molecule has 0 aliphatic carbocycles. The van der Waals surface area contributed by atoms with E-state index in [-0.39, 0.29) is 42.0 Å². The Kier molecular flexibility index (Phi) is 9.08. The van der Waals surface area contributed by atoms with E-state index >= 15 is 0 Å². The number of ether oxygens (including phenoxy) is 4. The average molecular weight is 640 g/mol. The van der Waals surface area contributed by atoms with Crippen LogP contribution >= 0.6 is 0 Å². The van der Waals surface area contributed by atoms with Crippen LogP contribution in [0, 0.1) is 5.92 Å². The van der Waals surface area contributed by atoms with Gasteiger partial charge in [0.25, 0.3) is 5.56 Å². The fourth-order valence-corrected chi connectivity index (χ4v) is 5.77. The number of benzene rings is 3. The molecule has 1 amide bonds. The smallest absolute Gasteiger partial charge is 0.280 e. The number of aliphatic hydroxyl groups is 1. The van der Waals surface area contributed by atoms with Crippen molar-refractivity contribution in [2.75, 3.05) is 26.1 Å². The highest BCUT2D eigenvalue weighted by atomic mass is 16.6. The maximum Gasteiger partial charge on any atom is 0.280 e. The lowest BCUT2D eigenvalue weighted by Gasteiger charge is -2.37. The Morgan fingerprint density at radius 2 is 1.60 bits per heavy atom. The fourth-order valence-electron chi connectivity index (χ4n) is 5.77. The maximum absolute atomic E-state index is 12.8. The lowest BCUT2D eigenvalue weighted by atomic mass is 9.80. The number of methoxy groups -OCH3 is 2. The number of hydrogen-bond donors (Lipinski definition) is 3. The first-order valence-electron chi connectivity index (χ1n) is 15.3. The molecule has 12 nitrogen and oxygen atoms in total. The molecule has 12 heteroatoms. The van der Waals surface area contributed by atoms with E-state index in [0.29, 0.717) is 11.5 Å². The Hall–Kier alpha value is -5.04. The molecule has 3 atom stereocenters. The van der Waals surface area contributed by atoms with Crippen molar-refractivity contribution >= 4 is 23.0 Å². The van der Waals surface area contributed by atoms with E-state index in [1.54, 1.807) is 32.6 Å². The Bertz CT molecular complexity index is 1840. The molecule has 1 aliphatic heterocycles. The molecule has 0 bridgehead atoms. The molecule has 0 radical (unpaired) electrons. The standard InChI is InChI=1S/C35H37N5O7/c1-21(2)32(42)38-34-37-31-30(33(43)39-34)36-20-40(31)29-18-27(41)28(47-29)19-46-35(22-8-6-5-7-9-22,23-10-14-25(44-3)15-11-23)24-12-16-26(45-4)17-13-24/h5-17,20-21,27-29,41H,18-19H2,1-4H3,(H2,37,38,39,42,43)/t27-,28-,29-/m1/s1. The molecule has 0 saturated carbocycles. The van der Waals surface area contributed by atoms with E-state index in [0.717, 1.165) is 16.7 Å². The summed E-state index contributed by atoms with van der Waals surface area (Å²) in [6.45, 7) is 3.49. The third kappa shape index (κ3) is 6.22. The van der Waals surface area contributed by atoms with Crippen molar-refractivity contribution < 1.29 is 28.8 Å². The molecule has 1 aliphatic rings. The first-order valence-corrected chi connectivity index (χ1v) is 15.3. The Morgan fingerprint density at radius 1 is 1.00 bits per heavy atom. The van der Waals surface area contributed by atoms with Crippen molar-refractivity contribution in [3.05, 3.63) is 112 Å². The summed E-state index contributed by atoms with van der Waals surface area (Å²) in [7, 11) is 3.23. The van der Waals surface area contributed by atoms with Crippen LogP contribution < -0.4 is 20.3 Å². The highest BCUT2D eigenvalue weighted by molar-refractivity contribution is 5.91. The molecule has 1 saturated heterocycles. The van der Waals surface area contributed by atoms with E-state index in [1.807, 2.05) is 78.9 Å². The van der Waals surface area contributed by atoms with Gasteiger partial charge in [0.15, 0.2) is 11.2 Å². The summed E-state index contributed by atoms with van der Waals surface area (Å²) in [4.78, 5) is 36.3. The number of nitrogens with zero attached hydrogens (tertiary/aromatic N) is 3. The van der Waals surface area contributed by atoms with Crippen LogP contribution in [0.25, 0.3) is 11.2 Å². The SMILES string of the molecule is COc1ccc(C(OC[C@H]2O[C@@H](n3cnc4c(=O)[nH]c(NC(=O)C(C)C)nc43)C[C@H]2O)(c2ccccc2)c2ccc(OC)cc2)cc1. The van der Waals surface area contributed by atoms with Gasteiger partial charge in [0.2, 0.25) is 11.9 Å². The van der Waals surface area contributed by atoms with E-state index in [1.165, 1.54) is 6.33 Å². The fraction of sp³-hybridized carbons (Fsp3) is 0.314. The number of aromatic nitrogens is 4. The zero-order valence-electron chi connectivity index (χ0n) is 26.5. The van der Waals surface area contributed by atoms with Crippen LogP contribution in [0.3, 0.4) is 0 Å². The van der Waals surface area contributed by atoms with Crippen LogP contribution in [0.5, 0.6) is 11.5 Å². The largest absolute Gasteiger partial charge is 0.497 e. The van der Waals surface area contributed by atoms with Gasteiger partial charge < -0.3 is 24.1 Å². The second kappa shape index (κ2) is 13.4. The molecule has 0 unspecified atom stereocenters. The number of aromatic amines is 1. The molecular weight excluding hydrogens is 602 g/mol. The van der Waals surface area contributed by atoms with Crippen LogP contribution in [0.1, 0.15) is 43.2 Å². The molecular formula is C35H37N5O7. The van der Waals surface area contributed by atoms with Crippen molar-refractivity contribution in [1.29, 1.82) is 0 Å². The first-order chi connectivity index (χ1) is 22.7. The minimum Gasteiger partial charge on any atom is -0.497 e. The third-order valence-electron chi connectivity index (χ3n) is 8.35. The highest BCUT2D eigenvalue weighted by Gasteiger charge is 2.42. The minimum atomic E-state index is -1.10. The molecule has 6 rings (SSSR count). The van der Waals surface area contributed by atoms with Gasteiger partial charge in [-0.3, -0.25) is 24.5 Å². The summed E-state index contributed by atoms with van der Waals surface area (Å²) in [5.41, 5.74) is 1.28. The van der Waals surface area contributed by atoms with Crippen molar-refractivity contribution in [2.24, 2.45) is 5.92 Å². The van der Waals surface area contributed by atoms with Crippen molar-refractivity contribution in [3.8, 4) is 11.5 Å². The summed E-state index contributed by atoms with van der Waals surface area (Å²) >= 11 is 0. The minimum absolute atomic E-state index is 0.00741. The number of carbonyl (C=O) groups is 1. The van der Waals surface area contributed by atoms with Crippen LogP contribution in [0.4, 0.5) is 5.95 Å². The van der Waals surface area contributed by atoms with Gasteiger partial charge in [0, 0.05) is 12.3 Å². The molecule has 3 aromatic carbocycles. The molecule has 3 N–H and O–H groups in total. The van der Waals surface area contributed by atoms with Gasteiger partial charge in [-0.2, -0.15) is 4.98 Å². The van der Waals surface area contributed by atoms with Gasteiger partial charge in [-0.1, -0.05) is 68.4 Å². The summed E-state index contributed by atoms with van der Waals surface area (Å²) in [6, 6.07) is 25.2. The summed E-state index contributed by atoms with van der Waals surface area (Å²) in [5.74, 6) is 0.810. The Balaban J connectivity index is 1.33. The average Bonchev–Trinajstić information content (AvgIpc) is 3.69. The lowest BCUT2D eigenvalue weighted by molar-refractivity contribution is -0.118. The number of H-pyrrole nitrogens is 1. The monoisotopic (exact) mass is 639 g/mol. The second-order valence-electron chi connectivity index (χ2n) is 11.6. The molecule has 3 heterocycles. The number of hydrogen-bond acceptors (Lipinski definition) is 9. The van der Waals surface area contributed by atoms with Crippen molar-refractivity contribution in [3.63, 3.8) is 0 Å². The third-order valence-corrected chi connectivity index (χ3v) is 8.35. The molecule has 5 aromatic rings. The zero-order valence-corrected chi connectivity index (χ0v) is 26.5. The Labute approximate surface area is 271 Å². The summed E-state index contributed by atoms with van der Waals surface area (Å²) in [5, 5.41) is 13.9. The highest BCUT2D eigenvalue weighted by Crippen LogP contribution is 2.43. The van der Waals surface area contributed by atoms with E-state index < -0.39 is 29.6 Å². The predicted molar refractivity (Wildman–Crippen MR) is 174 cm³/mol. The van der Waals surface area contributed by atoms with Gasteiger partial charge in [-0.25, -0.2) is 4.98 Å². The molecule has 1 fully saturated rings. The van der Waals surface area contributed by atoms with Crippen LogP contribution in [0.2, 0.25) is 0 Å².